The van der Waals surface area contributed by atoms with Gasteiger partial charge in [-0.05, 0) is 19.3 Å². The fourth-order valence-corrected chi connectivity index (χ4v) is 2.35. The lowest BCUT2D eigenvalue weighted by Gasteiger charge is -2.11. The molecule has 0 saturated carbocycles. The molecule has 0 heterocycles. The molecule has 1 nitrogen and oxygen atoms in total. The van der Waals surface area contributed by atoms with Crippen LogP contribution >= 0.6 is 0 Å². The van der Waals surface area contributed by atoms with E-state index < -0.39 is 0 Å². The van der Waals surface area contributed by atoms with Crippen LogP contribution in [0.2, 0.25) is 0 Å². The number of hydrogen-bond donors (Lipinski definition) is 1. The molecule has 78 valence electrons. The Morgan fingerprint density at radius 2 is 1.62 bits per heavy atom. The second-order valence-corrected chi connectivity index (χ2v) is 4.92. The number of unbranched alkanes of at least 4 members (excludes halogenated alkanes) is 2. The van der Waals surface area contributed by atoms with Gasteiger partial charge in [0.15, 0.2) is 0 Å². The second kappa shape index (κ2) is 8.36. The summed E-state index contributed by atoms with van der Waals surface area (Å²) in [6.07, 6.45) is 7.88. The smallest absolute Gasteiger partial charge is 0.0355 e. The molecule has 13 heavy (non-hydrogen) atoms. The number of allylic oxidation sites excluding steroid dienone is 2. The Balaban J connectivity index is 3.97. The van der Waals surface area contributed by atoms with Crippen LogP contribution in [0.15, 0.2) is 10.9 Å². The van der Waals surface area contributed by atoms with Gasteiger partial charge in [0.2, 0.25) is 0 Å². The molecule has 0 aromatic rings. The third-order valence-electron chi connectivity index (χ3n) is 2.50. The molecule has 0 rings (SSSR count). The summed E-state index contributed by atoms with van der Waals surface area (Å²) >= 11 is 0. The first kappa shape index (κ1) is 12.8. The summed E-state index contributed by atoms with van der Waals surface area (Å²) in [6, 6.07) is 0. The van der Waals surface area contributed by atoms with Crippen LogP contribution in [0.4, 0.5) is 0 Å². The van der Waals surface area contributed by atoms with Crippen LogP contribution in [0, 0.1) is 0 Å². The lowest BCUT2D eigenvalue weighted by molar-refractivity contribution is 0.722. The van der Waals surface area contributed by atoms with Gasteiger partial charge in [-0.3, -0.25) is 0 Å². The highest BCUT2D eigenvalue weighted by Gasteiger charge is 1.99. The minimum absolute atomic E-state index is 1.23. The third kappa shape index (κ3) is 5.91. The number of rotatable bonds is 7. The molecule has 0 aliphatic heterocycles. The number of nitrogens with one attached hydrogen (secondary N) is 1. The lowest BCUT2D eigenvalue weighted by atomic mass is 10.1. The van der Waals surface area contributed by atoms with Crippen LogP contribution in [0.1, 0.15) is 52.4 Å². The van der Waals surface area contributed by atoms with Crippen LogP contribution in [0.5, 0.6) is 0 Å². The molecule has 0 amide bonds. The van der Waals surface area contributed by atoms with Gasteiger partial charge < -0.3 is 5.32 Å². The van der Waals surface area contributed by atoms with E-state index in [0.29, 0.717) is 0 Å². The molecule has 0 bridgehead atoms. The zero-order chi connectivity index (χ0) is 10.1. The highest BCUT2D eigenvalue weighted by molar-refractivity contribution is 6.21. The predicted octanol–water partition coefficient (Wildman–Crippen LogP) is 2.16. The van der Waals surface area contributed by atoms with E-state index in [0.717, 1.165) is 0 Å². The quantitative estimate of drug-likeness (QED) is 0.620. The van der Waals surface area contributed by atoms with Gasteiger partial charge in [-0.2, -0.15) is 0 Å². The fourth-order valence-electron chi connectivity index (χ4n) is 1.50. The van der Waals surface area contributed by atoms with Crippen molar-refractivity contribution in [3.63, 3.8) is 0 Å². The highest BCUT2D eigenvalue weighted by atomic mass is 28.1. The summed E-state index contributed by atoms with van der Waals surface area (Å²) in [5, 5.41) is 5.05. The Labute approximate surface area is 86.4 Å². The van der Waals surface area contributed by atoms with Crippen molar-refractivity contribution in [2.45, 2.75) is 52.4 Å². The van der Waals surface area contributed by atoms with Crippen LogP contribution in [0.25, 0.3) is 0 Å². The summed E-state index contributed by atoms with van der Waals surface area (Å²) in [4.78, 5) is 0. The summed E-state index contributed by atoms with van der Waals surface area (Å²) in [5.74, 6) is 0. The first-order chi connectivity index (χ1) is 6.26. The van der Waals surface area contributed by atoms with E-state index >= 15 is 0 Å². The molecule has 0 saturated heterocycles. The highest BCUT2D eigenvalue weighted by Crippen LogP contribution is 2.12. The summed E-state index contributed by atoms with van der Waals surface area (Å²) < 4.78 is 0. The largest absolute Gasteiger partial charge is 0.392 e. The van der Waals surface area contributed by atoms with Crippen molar-refractivity contribution < 1.29 is 0 Å². The fraction of sp³-hybridized carbons (Fsp3) is 0.818. The van der Waals surface area contributed by atoms with E-state index in [1.807, 2.05) is 0 Å². The lowest BCUT2D eigenvalue weighted by Crippen LogP contribution is -2.09. The van der Waals surface area contributed by atoms with Gasteiger partial charge in [-0.25, -0.2) is 0 Å². The molecule has 0 radical (unpaired) electrons. The van der Waals surface area contributed by atoms with Gasteiger partial charge in [-0.15, -0.1) is 0 Å². The molecule has 0 aromatic heterocycles. The molecule has 0 atom stereocenters. The molecule has 0 unspecified atom stereocenters. The Kier molecular flexibility index (Phi) is 8.20. The van der Waals surface area contributed by atoms with Crippen LogP contribution in [-0.2, 0) is 0 Å². The van der Waals surface area contributed by atoms with E-state index in [9.17, 15) is 0 Å². The standard InChI is InChI=1S/C11H25NSi/c1-4-6-8-10(12-3)11(13)9-7-5-2/h12H,4-9H2,1-3,13H3. The zero-order valence-corrected chi connectivity index (χ0v) is 11.7. The van der Waals surface area contributed by atoms with Crippen molar-refractivity contribution in [2.75, 3.05) is 7.05 Å². The first-order valence-electron chi connectivity index (χ1n) is 5.62. The van der Waals surface area contributed by atoms with E-state index in [-0.39, 0.29) is 0 Å². The SMILES string of the molecule is CCCCC([SiH3])=C(CCCC)NC. The third-order valence-corrected chi connectivity index (χ3v) is 3.61. The molecular weight excluding hydrogens is 174 g/mol. The Morgan fingerprint density at radius 3 is 2.08 bits per heavy atom. The molecule has 0 aliphatic rings. The van der Waals surface area contributed by atoms with Crippen molar-refractivity contribution in [3.05, 3.63) is 10.9 Å². The molecular formula is C11H25NSi. The predicted molar refractivity (Wildman–Crippen MR) is 65.1 cm³/mol. The zero-order valence-electron chi connectivity index (χ0n) is 9.74. The van der Waals surface area contributed by atoms with Gasteiger partial charge in [0.25, 0.3) is 0 Å². The Hall–Kier alpha value is -0.243. The second-order valence-electron chi connectivity index (χ2n) is 3.72. The average Bonchev–Trinajstić information content (AvgIpc) is 2.16. The Morgan fingerprint density at radius 1 is 1.08 bits per heavy atom. The maximum Gasteiger partial charge on any atom is 0.0355 e. The monoisotopic (exact) mass is 199 g/mol. The molecule has 0 spiro atoms. The van der Waals surface area contributed by atoms with E-state index in [4.69, 9.17) is 0 Å². The van der Waals surface area contributed by atoms with Crippen molar-refractivity contribution in [1.82, 2.24) is 5.32 Å². The van der Waals surface area contributed by atoms with Crippen molar-refractivity contribution in [1.29, 1.82) is 0 Å². The van der Waals surface area contributed by atoms with Crippen LogP contribution in [0.3, 0.4) is 0 Å². The van der Waals surface area contributed by atoms with Crippen molar-refractivity contribution in [2.24, 2.45) is 0 Å². The topological polar surface area (TPSA) is 12.0 Å². The molecule has 0 fully saturated rings. The molecule has 0 aliphatic carbocycles. The van der Waals surface area contributed by atoms with Gasteiger partial charge >= 0.3 is 0 Å². The first-order valence-corrected chi connectivity index (χ1v) is 6.62. The summed E-state index contributed by atoms with van der Waals surface area (Å²) in [5.41, 5.74) is 1.53. The molecule has 0 aromatic carbocycles. The van der Waals surface area contributed by atoms with Crippen molar-refractivity contribution >= 4 is 10.2 Å². The van der Waals surface area contributed by atoms with E-state index in [2.05, 4.69) is 26.2 Å². The maximum absolute atomic E-state index is 3.36. The Bertz CT molecular complexity index is 152. The van der Waals surface area contributed by atoms with Gasteiger partial charge in [0, 0.05) is 23.0 Å². The van der Waals surface area contributed by atoms with Gasteiger partial charge in [-0.1, -0.05) is 38.3 Å². The average molecular weight is 199 g/mol. The maximum atomic E-state index is 3.36. The van der Waals surface area contributed by atoms with Crippen LogP contribution in [-0.4, -0.2) is 17.3 Å². The minimum atomic E-state index is 1.23. The van der Waals surface area contributed by atoms with E-state index in [1.165, 1.54) is 54.5 Å². The van der Waals surface area contributed by atoms with E-state index in [1.54, 1.807) is 5.20 Å². The molecule has 1 N–H and O–H groups in total. The van der Waals surface area contributed by atoms with Crippen molar-refractivity contribution in [3.8, 4) is 0 Å². The molecule has 2 heteroatoms. The summed E-state index contributed by atoms with van der Waals surface area (Å²) in [6.45, 7) is 4.52. The van der Waals surface area contributed by atoms with Crippen LogP contribution < -0.4 is 5.32 Å². The normalized spacial score (nSPS) is 12.8. The van der Waals surface area contributed by atoms with Gasteiger partial charge in [0.05, 0.1) is 0 Å². The van der Waals surface area contributed by atoms with Gasteiger partial charge in [0.1, 0.15) is 0 Å². The summed E-state index contributed by atoms with van der Waals surface area (Å²) in [7, 11) is 3.29. The number of hydrogen-bond acceptors (Lipinski definition) is 1. The minimum Gasteiger partial charge on any atom is -0.392 e.